The van der Waals surface area contributed by atoms with E-state index < -0.39 is 23.7 Å². The number of pyridine rings is 1. The number of nitrogens with zero attached hydrogens (tertiary/aromatic N) is 4. The molecule has 6 rings (SSSR count). The summed E-state index contributed by atoms with van der Waals surface area (Å²) < 4.78 is 47.6. The van der Waals surface area contributed by atoms with Crippen LogP contribution in [0.25, 0.3) is 22.0 Å². The van der Waals surface area contributed by atoms with Crippen LogP contribution >= 0.6 is 11.3 Å². The molecule has 4 heterocycles. The second-order valence-corrected chi connectivity index (χ2v) is 9.84. The summed E-state index contributed by atoms with van der Waals surface area (Å²) >= 11 is 1.21. The predicted molar refractivity (Wildman–Crippen MR) is 128 cm³/mol. The van der Waals surface area contributed by atoms with E-state index in [1.54, 1.807) is 34.3 Å². The molecule has 36 heavy (non-hydrogen) atoms. The molecule has 1 saturated heterocycles. The first-order valence-electron chi connectivity index (χ1n) is 11.4. The van der Waals surface area contributed by atoms with Crippen molar-refractivity contribution in [2.24, 2.45) is 0 Å². The van der Waals surface area contributed by atoms with E-state index in [1.165, 1.54) is 29.8 Å². The molecule has 4 aromatic rings. The van der Waals surface area contributed by atoms with Gasteiger partial charge in [0.25, 0.3) is 11.8 Å². The molecule has 3 aromatic heterocycles. The van der Waals surface area contributed by atoms with Gasteiger partial charge in [0.1, 0.15) is 28.0 Å². The summed E-state index contributed by atoms with van der Waals surface area (Å²) in [6.07, 6.45) is 2.63. The lowest BCUT2D eigenvalue weighted by Crippen LogP contribution is -2.37. The van der Waals surface area contributed by atoms with Crippen molar-refractivity contribution >= 4 is 23.1 Å². The van der Waals surface area contributed by atoms with E-state index in [-0.39, 0.29) is 18.5 Å². The van der Waals surface area contributed by atoms with Crippen LogP contribution in [-0.4, -0.2) is 44.6 Å². The lowest BCUT2D eigenvalue weighted by molar-refractivity contribution is -0.103. The number of amides is 1. The number of alkyl halides is 2. The van der Waals surface area contributed by atoms with Crippen molar-refractivity contribution in [1.82, 2.24) is 19.5 Å². The largest absolute Gasteiger partial charge is 0.380 e. The Morgan fingerprint density at radius 2 is 1.89 bits per heavy atom. The Labute approximate surface area is 208 Å². The van der Waals surface area contributed by atoms with E-state index >= 15 is 0 Å². The normalized spacial score (nSPS) is 17.4. The van der Waals surface area contributed by atoms with Gasteiger partial charge < -0.3 is 14.6 Å². The van der Waals surface area contributed by atoms with Gasteiger partial charge in [0, 0.05) is 41.9 Å². The van der Waals surface area contributed by atoms with Gasteiger partial charge in [-0.25, -0.2) is 28.1 Å². The minimum atomic E-state index is -2.72. The molecule has 0 unspecified atom stereocenters. The first kappa shape index (κ1) is 22.9. The van der Waals surface area contributed by atoms with Gasteiger partial charge in [-0.15, -0.1) is 11.3 Å². The van der Waals surface area contributed by atoms with Crippen molar-refractivity contribution in [2.45, 2.75) is 30.7 Å². The van der Waals surface area contributed by atoms with Crippen molar-refractivity contribution in [3.05, 3.63) is 71.4 Å². The van der Waals surface area contributed by atoms with Gasteiger partial charge in [0.15, 0.2) is 0 Å². The summed E-state index contributed by atoms with van der Waals surface area (Å²) in [5, 5.41) is 4.80. The number of hydrogen-bond acceptors (Lipinski definition) is 6. The van der Waals surface area contributed by atoms with Crippen LogP contribution in [0.15, 0.2) is 54.3 Å². The molecular weight excluding hydrogens is 491 g/mol. The van der Waals surface area contributed by atoms with Crippen LogP contribution in [0.4, 0.5) is 19.0 Å². The summed E-state index contributed by atoms with van der Waals surface area (Å²) in [5.74, 6) is -2.82. The van der Waals surface area contributed by atoms with Crippen molar-refractivity contribution in [3.8, 4) is 22.0 Å². The number of halogens is 3. The molecule has 1 N–H and O–H groups in total. The molecule has 1 aromatic carbocycles. The number of rotatable bonds is 6. The van der Waals surface area contributed by atoms with Crippen LogP contribution in [0.1, 0.15) is 40.9 Å². The first-order valence-corrected chi connectivity index (χ1v) is 12.3. The third-order valence-corrected chi connectivity index (χ3v) is 7.30. The lowest BCUT2D eigenvalue weighted by atomic mass is 9.88. The molecule has 1 saturated carbocycles. The molecule has 11 heteroatoms. The van der Waals surface area contributed by atoms with Gasteiger partial charge in [0.2, 0.25) is 0 Å². The number of aromatic nitrogens is 4. The third-order valence-electron chi connectivity index (χ3n) is 6.45. The summed E-state index contributed by atoms with van der Waals surface area (Å²) in [7, 11) is 0. The Balaban J connectivity index is 1.28. The quantitative estimate of drug-likeness (QED) is 0.367. The lowest BCUT2D eigenvalue weighted by Gasteiger charge is -2.36. The van der Waals surface area contributed by atoms with Gasteiger partial charge in [-0.05, 0) is 35.9 Å². The predicted octanol–water partition coefficient (Wildman–Crippen LogP) is 5.54. The van der Waals surface area contributed by atoms with E-state index in [0.717, 1.165) is 5.56 Å². The fourth-order valence-electron chi connectivity index (χ4n) is 4.31. The molecule has 0 atom stereocenters. The van der Waals surface area contributed by atoms with E-state index in [1.807, 2.05) is 6.07 Å². The second-order valence-electron chi connectivity index (χ2n) is 8.98. The number of benzene rings is 1. The van der Waals surface area contributed by atoms with Crippen LogP contribution < -0.4 is 5.32 Å². The van der Waals surface area contributed by atoms with Gasteiger partial charge in [-0.1, -0.05) is 6.07 Å². The van der Waals surface area contributed by atoms with E-state index in [4.69, 9.17) is 4.74 Å². The van der Waals surface area contributed by atoms with Gasteiger partial charge >= 0.3 is 0 Å². The Morgan fingerprint density at radius 1 is 1.11 bits per heavy atom. The molecule has 0 bridgehead atoms. The summed E-state index contributed by atoms with van der Waals surface area (Å²) in [5.41, 5.74) is 2.86. The molecule has 7 nitrogen and oxygen atoms in total. The van der Waals surface area contributed by atoms with Crippen LogP contribution in [0.2, 0.25) is 0 Å². The number of hydrogen-bond donors (Lipinski definition) is 1. The van der Waals surface area contributed by atoms with Gasteiger partial charge in [-0.2, -0.15) is 0 Å². The van der Waals surface area contributed by atoms with Crippen molar-refractivity contribution in [3.63, 3.8) is 0 Å². The highest BCUT2D eigenvalue weighted by Crippen LogP contribution is 2.48. The van der Waals surface area contributed by atoms with Crippen LogP contribution in [-0.2, 0) is 4.74 Å². The van der Waals surface area contributed by atoms with Crippen LogP contribution in [0, 0.1) is 5.82 Å². The van der Waals surface area contributed by atoms with Crippen molar-refractivity contribution in [1.29, 1.82) is 0 Å². The summed E-state index contributed by atoms with van der Waals surface area (Å²) in [4.78, 5) is 26.1. The van der Waals surface area contributed by atoms with Gasteiger partial charge in [0.05, 0.1) is 25.2 Å². The number of ether oxygens (including phenoxy) is 1. The first-order chi connectivity index (χ1) is 17.4. The molecule has 1 aliphatic heterocycles. The SMILES string of the molecule is O=C(Nc1ccc(C2COC2)cn1)c1csc(-c2c(-c3ccc(F)cc3)ncn2C2CC(F)(F)C2)n1. The van der Waals surface area contributed by atoms with E-state index in [9.17, 15) is 18.0 Å². The molecule has 0 spiro atoms. The third kappa shape index (κ3) is 4.28. The van der Waals surface area contributed by atoms with Crippen LogP contribution in [0.5, 0.6) is 0 Å². The zero-order chi connectivity index (χ0) is 24.9. The maximum atomic E-state index is 13.6. The average molecular weight is 512 g/mol. The molecule has 1 aliphatic carbocycles. The minimum Gasteiger partial charge on any atom is -0.380 e. The number of anilines is 1. The zero-order valence-corrected chi connectivity index (χ0v) is 19.6. The highest BCUT2D eigenvalue weighted by atomic mass is 32.1. The summed E-state index contributed by atoms with van der Waals surface area (Å²) in [6, 6.07) is 8.97. The monoisotopic (exact) mass is 511 g/mol. The smallest absolute Gasteiger partial charge is 0.276 e. The fourth-order valence-corrected chi connectivity index (χ4v) is 5.16. The fraction of sp³-hybridized carbons (Fsp3) is 0.280. The second kappa shape index (κ2) is 8.82. The standard InChI is InChI=1S/C25H20F3N5O2S/c26-17-4-1-14(2-5-17)21-22(33(13-30-21)18-7-25(27,28)8-18)24-31-19(12-36-24)23(34)32-20-6-3-15(9-29-20)16-10-35-11-16/h1-6,9,12-13,16,18H,7-8,10-11H2,(H,29,32,34). The summed E-state index contributed by atoms with van der Waals surface area (Å²) in [6.45, 7) is 1.34. The highest BCUT2D eigenvalue weighted by molar-refractivity contribution is 7.13. The average Bonchev–Trinajstić information content (AvgIpc) is 3.45. The highest BCUT2D eigenvalue weighted by Gasteiger charge is 2.47. The maximum absolute atomic E-state index is 13.6. The zero-order valence-electron chi connectivity index (χ0n) is 18.8. The van der Waals surface area contributed by atoms with E-state index in [0.29, 0.717) is 46.9 Å². The number of thiazole rings is 1. The minimum absolute atomic E-state index is 0.171. The molecule has 1 amide bonds. The number of nitrogens with one attached hydrogen (secondary N) is 1. The van der Waals surface area contributed by atoms with Crippen LogP contribution in [0.3, 0.4) is 0 Å². The molecule has 2 fully saturated rings. The van der Waals surface area contributed by atoms with Crippen molar-refractivity contribution < 1.29 is 22.7 Å². The Bertz CT molecular complexity index is 1410. The number of imidazole rings is 1. The Kier molecular flexibility index (Phi) is 5.60. The Morgan fingerprint density at radius 3 is 2.53 bits per heavy atom. The molecule has 0 radical (unpaired) electrons. The molecular formula is C25H20F3N5O2S. The topological polar surface area (TPSA) is 81.9 Å². The number of carbonyl (C=O) groups is 1. The number of carbonyl (C=O) groups excluding carboxylic acids is 1. The molecule has 2 aliphatic rings. The Hall–Kier alpha value is -3.57. The van der Waals surface area contributed by atoms with Crippen molar-refractivity contribution in [2.75, 3.05) is 18.5 Å². The van der Waals surface area contributed by atoms with Gasteiger partial charge in [-0.3, -0.25) is 4.79 Å². The molecule has 184 valence electrons. The van der Waals surface area contributed by atoms with E-state index in [2.05, 4.69) is 20.3 Å². The maximum Gasteiger partial charge on any atom is 0.276 e.